The van der Waals surface area contributed by atoms with Gasteiger partial charge in [0.15, 0.2) is 6.61 Å². The Morgan fingerprint density at radius 1 is 1.67 bits per heavy atom. The summed E-state index contributed by atoms with van der Waals surface area (Å²) in [6.07, 6.45) is 5.01. The van der Waals surface area contributed by atoms with Crippen molar-refractivity contribution in [3.63, 3.8) is 0 Å². The number of nitrogens with two attached hydrogens (primary N) is 1. The minimum atomic E-state index is -0.291. The van der Waals surface area contributed by atoms with E-state index < -0.39 is 0 Å². The second-order valence-corrected chi connectivity index (χ2v) is 4.16. The summed E-state index contributed by atoms with van der Waals surface area (Å²) in [5.74, 6) is 2.45. The average Bonchev–Trinajstić information content (AvgIpc) is 2.34. The van der Waals surface area contributed by atoms with Crippen molar-refractivity contribution in [3.8, 4) is 18.1 Å². The fourth-order valence-corrected chi connectivity index (χ4v) is 1.50. The first kappa shape index (κ1) is 14.4. The van der Waals surface area contributed by atoms with E-state index in [1.807, 2.05) is 13.0 Å². The largest absolute Gasteiger partial charge is 0.482 e. The predicted octanol–water partition coefficient (Wildman–Crippen LogP) is 1.49. The van der Waals surface area contributed by atoms with Gasteiger partial charge in [0.05, 0.1) is 11.6 Å². The molecule has 0 aliphatic heterocycles. The summed E-state index contributed by atoms with van der Waals surface area (Å²) in [5.41, 5.74) is 6.63. The molecule has 0 radical (unpaired) electrons. The van der Waals surface area contributed by atoms with E-state index in [1.54, 1.807) is 12.1 Å². The van der Waals surface area contributed by atoms with Crippen molar-refractivity contribution in [1.29, 1.82) is 0 Å². The number of ether oxygens (including phenoxy) is 1. The van der Waals surface area contributed by atoms with Gasteiger partial charge in [0.25, 0.3) is 5.91 Å². The van der Waals surface area contributed by atoms with E-state index in [9.17, 15) is 4.79 Å². The third kappa shape index (κ3) is 4.28. The lowest BCUT2D eigenvalue weighted by Gasteiger charge is -2.10. The first-order valence-electron chi connectivity index (χ1n) is 5.42. The van der Waals surface area contributed by atoms with E-state index in [0.29, 0.717) is 10.8 Å². The molecular weight excluding hydrogens is 252 g/mol. The summed E-state index contributed by atoms with van der Waals surface area (Å²) in [6, 6.07) is 5.12. The first-order valence-corrected chi connectivity index (χ1v) is 5.80. The Morgan fingerprint density at radius 2 is 2.39 bits per heavy atom. The van der Waals surface area contributed by atoms with Gasteiger partial charge in [-0.05, 0) is 24.6 Å². The molecule has 4 nitrogen and oxygen atoms in total. The highest BCUT2D eigenvalue weighted by Crippen LogP contribution is 2.27. The van der Waals surface area contributed by atoms with Crippen LogP contribution in [0.25, 0.3) is 0 Å². The molecule has 18 heavy (non-hydrogen) atoms. The van der Waals surface area contributed by atoms with E-state index >= 15 is 0 Å². The van der Waals surface area contributed by atoms with E-state index in [1.165, 1.54) is 0 Å². The smallest absolute Gasteiger partial charge is 0.258 e. The van der Waals surface area contributed by atoms with Crippen molar-refractivity contribution >= 4 is 17.5 Å². The molecule has 0 aromatic heterocycles. The van der Waals surface area contributed by atoms with Crippen molar-refractivity contribution in [2.24, 2.45) is 5.73 Å². The lowest BCUT2D eigenvalue weighted by molar-refractivity contribution is -0.122. The number of amides is 1. The van der Waals surface area contributed by atoms with Gasteiger partial charge in [-0.15, -0.1) is 6.42 Å². The molecule has 0 saturated carbocycles. The third-order valence-electron chi connectivity index (χ3n) is 2.23. The van der Waals surface area contributed by atoms with Crippen LogP contribution in [-0.2, 0) is 4.79 Å². The zero-order valence-corrected chi connectivity index (χ0v) is 10.8. The Bertz CT molecular complexity index is 467. The van der Waals surface area contributed by atoms with Crippen LogP contribution < -0.4 is 15.8 Å². The SMILES string of the molecule is C#CCNC(=O)COc1ccc(C(C)N)cc1Cl. The molecule has 1 atom stereocenters. The van der Waals surface area contributed by atoms with Gasteiger partial charge in [0, 0.05) is 6.04 Å². The Morgan fingerprint density at radius 3 is 2.94 bits per heavy atom. The highest BCUT2D eigenvalue weighted by molar-refractivity contribution is 6.32. The van der Waals surface area contributed by atoms with Gasteiger partial charge < -0.3 is 15.8 Å². The highest BCUT2D eigenvalue weighted by Gasteiger charge is 2.07. The lowest BCUT2D eigenvalue weighted by Crippen LogP contribution is -2.29. The Hall–Kier alpha value is -1.70. The maximum atomic E-state index is 11.3. The van der Waals surface area contributed by atoms with Crippen LogP contribution in [0.5, 0.6) is 5.75 Å². The Labute approximate surface area is 111 Å². The number of carbonyl (C=O) groups is 1. The summed E-state index contributed by atoms with van der Waals surface area (Å²) < 4.78 is 5.28. The number of hydrogen-bond donors (Lipinski definition) is 2. The maximum absolute atomic E-state index is 11.3. The molecule has 1 rings (SSSR count). The van der Waals surface area contributed by atoms with E-state index in [4.69, 9.17) is 28.5 Å². The topological polar surface area (TPSA) is 64.3 Å². The van der Waals surface area contributed by atoms with E-state index in [2.05, 4.69) is 11.2 Å². The molecule has 0 heterocycles. The molecule has 1 unspecified atom stereocenters. The molecule has 1 aromatic carbocycles. The van der Waals surface area contributed by atoms with Gasteiger partial charge >= 0.3 is 0 Å². The Balaban J connectivity index is 2.58. The first-order chi connectivity index (χ1) is 8.54. The summed E-state index contributed by atoms with van der Waals surface area (Å²) >= 11 is 6.02. The van der Waals surface area contributed by atoms with Crippen LogP contribution in [0.2, 0.25) is 5.02 Å². The molecule has 0 aliphatic rings. The fraction of sp³-hybridized carbons (Fsp3) is 0.308. The number of hydrogen-bond acceptors (Lipinski definition) is 3. The summed E-state index contributed by atoms with van der Waals surface area (Å²) in [4.78, 5) is 11.3. The van der Waals surface area contributed by atoms with Crippen LogP contribution in [0, 0.1) is 12.3 Å². The number of nitrogens with one attached hydrogen (secondary N) is 1. The molecule has 0 fully saturated rings. The molecule has 96 valence electrons. The van der Waals surface area contributed by atoms with Gasteiger partial charge in [-0.25, -0.2) is 0 Å². The van der Waals surface area contributed by atoms with Crippen LogP contribution in [0.3, 0.4) is 0 Å². The number of terminal acetylenes is 1. The number of halogens is 1. The molecular formula is C13H15ClN2O2. The van der Waals surface area contributed by atoms with Gasteiger partial charge in [0.2, 0.25) is 0 Å². The maximum Gasteiger partial charge on any atom is 0.258 e. The van der Waals surface area contributed by atoms with E-state index in [-0.39, 0.29) is 25.1 Å². The molecule has 0 aliphatic carbocycles. The fourth-order valence-electron chi connectivity index (χ4n) is 1.26. The number of carbonyl (C=O) groups excluding carboxylic acids is 1. The normalized spacial score (nSPS) is 11.4. The van der Waals surface area contributed by atoms with Crippen molar-refractivity contribution < 1.29 is 9.53 Å². The quantitative estimate of drug-likeness (QED) is 0.794. The van der Waals surface area contributed by atoms with Gasteiger partial charge in [-0.2, -0.15) is 0 Å². The van der Waals surface area contributed by atoms with E-state index in [0.717, 1.165) is 5.56 Å². The second-order valence-electron chi connectivity index (χ2n) is 3.75. The minimum Gasteiger partial charge on any atom is -0.482 e. The molecule has 0 saturated heterocycles. The van der Waals surface area contributed by atoms with Crippen molar-refractivity contribution in [2.45, 2.75) is 13.0 Å². The number of rotatable bonds is 5. The van der Waals surface area contributed by atoms with Gasteiger partial charge in [-0.3, -0.25) is 4.79 Å². The van der Waals surface area contributed by atoms with Crippen molar-refractivity contribution in [3.05, 3.63) is 28.8 Å². The standard InChI is InChI=1S/C13H15ClN2O2/c1-3-6-16-13(17)8-18-12-5-4-10(9(2)15)7-11(12)14/h1,4-5,7,9H,6,8,15H2,2H3,(H,16,17). The minimum absolute atomic E-state index is 0.101. The van der Waals surface area contributed by atoms with Crippen LogP contribution >= 0.6 is 11.6 Å². The van der Waals surface area contributed by atoms with Crippen molar-refractivity contribution in [1.82, 2.24) is 5.32 Å². The molecule has 5 heteroatoms. The van der Waals surface area contributed by atoms with Crippen LogP contribution in [0.1, 0.15) is 18.5 Å². The summed E-state index contributed by atoms with van der Waals surface area (Å²) in [5, 5.41) is 2.91. The highest BCUT2D eigenvalue weighted by atomic mass is 35.5. The zero-order chi connectivity index (χ0) is 13.5. The molecule has 0 bridgehead atoms. The molecule has 1 amide bonds. The van der Waals surface area contributed by atoms with Crippen LogP contribution in [0.4, 0.5) is 0 Å². The lowest BCUT2D eigenvalue weighted by atomic mass is 10.1. The zero-order valence-electron chi connectivity index (χ0n) is 10.1. The monoisotopic (exact) mass is 266 g/mol. The second kappa shape index (κ2) is 6.90. The predicted molar refractivity (Wildman–Crippen MR) is 71.4 cm³/mol. The molecule has 3 N–H and O–H groups in total. The molecule has 0 spiro atoms. The van der Waals surface area contributed by atoms with Crippen LogP contribution in [0.15, 0.2) is 18.2 Å². The van der Waals surface area contributed by atoms with Crippen LogP contribution in [-0.4, -0.2) is 19.1 Å². The molecule has 1 aromatic rings. The van der Waals surface area contributed by atoms with Crippen molar-refractivity contribution in [2.75, 3.05) is 13.2 Å². The average molecular weight is 267 g/mol. The third-order valence-corrected chi connectivity index (χ3v) is 2.52. The summed E-state index contributed by atoms with van der Waals surface area (Å²) in [7, 11) is 0. The van der Waals surface area contributed by atoms with Gasteiger partial charge in [0.1, 0.15) is 5.75 Å². The Kier molecular flexibility index (Phi) is 5.50. The number of benzene rings is 1. The van der Waals surface area contributed by atoms with Gasteiger partial charge in [-0.1, -0.05) is 23.6 Å². The summed E-state index contributed by atoms with van der Waals surface area (Å²) in [6.45, 7) is 1.91.